The van der Waals surface area contributed by atoms with Crippen LogP contribution in [0.1, 0.15) is 105 Å². The van der Waals surface area contributed by atoms with Gasteiger partial charge in [0.05, 0.1) is 0 Å². The molecule has 1 aliphatic carbocycles. The van der Waals surface area contributed by atoms with E-state index in [4.69, 9.17) is 0 Å². The molecule has 0 bridgehead atoms. The van der Waals surface area contributed by atoms with Crippen molar-refractivity contribution in [2.75, 3.05) is 11.9 Å². The molecule has 5 aromatic rings. The minimum Gasteiger partial charge on any atom is -0.345 e. The number of anilines is 2. The maximum Gasteiger partial charge on any atom is 0.0408 e. The fourth-order valence-corrected chi connectivity index (χ4v) is 4.31. The summed E-state index contributed by atoms with van der Waals surface area (Å²) in [5.41, 5.74) is 11.0. The molecule has 0 atom stereocenters. The molecule has 0 saturated heterocycles. The molecule has 0 heterocycles. The molecule has 0 fully saturated rings. The Morgan fingerprint density at radius 3 is 0.894 bits per heavy atom. The lowest BCUT2D eigenvalue weighted by molar-refractivity contribution is 1.21. The normalized spacial score (nSPS) is 8.66. The lowest BCUT2D eigenvalue weighted by Crippen LogP contribution is -2.08. The zero-order valence-electron chi connectivity index (χ0n) is 32.9. The van der Waals surface area contributed by atoms with Crippen LogP contribution in [0.15, 0.2) is 133 Å². The summed E-state index contributed by atoms with van der Waals surface area (Å²) in [4.78, 5) is 2.17. The van der Waals surface area contributed by atoms with Gasteiger partial charge in [-0.2, -0.15) is 0 Å². The minimum absolute atomic E-state index is 1.11. The summed E-state index contributed by atoms with van der Waals surface area (Å²) in [6.07, 6.45) is 1.11. The van der Waals surface area contributed by atoms with Crippen LogP contribution in [0.4, 0.5) is 11.4 Å². The quantitative estimate of drug-likeness (QED) is 0.183. The highest BCUT2D eigenvalue weighted by atomic mass is 15.1. The number of rotatable bonds is 2. The molecule has 0 aromatic heterocycles. The van der Waals surface area contributed by atoms with E-state index in [9.17, 15) is 0 Å². The monoisotopic (exact) mass is 636 g/mol. The van der Waals surface area contributed by atoms with E-state index in [2.05, 4.69) is 111 Å². The summed E-state index contributed by atoms with van der Waals surface area (Å²) in [6, 6.07) is 46.2. The highest BCUT2D eigenvalue weighted by Crippen LogP contribution is 2.37. The Balaban J connectivity index is -0.000000557. The smallest absolute Gasteiger partial charge is 0.0408 e. The van der Waals surface area contributed by atoms with Gasteiger partial charge in [0.2, 0.25) is 0 Å². The lowest BCUT2D eigenvalue weighted by Gasteiger charge is -2.18. The largest absolute Gasteiger partial charge is 0.345 e. The van der Waals surface area contributed by atoms with Gasteiger partial charge < -0.3 is 4.90 Å². The van der Waals surface area contributed by atoms with E-state index in [1.165, 1.54) is 44.8 Å². The van der Waals surface area contributed by atoms with Crippen LogP contribution in [-0.2, 0) is 6.42 Å². The highest BCUT2D eigenvalue weighted by Gasteiger charge is 2.17. The van der Waals surface area contributed by atoms with Crippen molar-refractivity contribution in [3.05, 3.63) is 156 Å². The summed E-state index contributed by atoms with van der Waals surface area (Å²) >= 11 is 0. The van der Waals surface area contributed by atoms with E-state index in [-0.39, 0.29) is 0 Å². The summed E-state index contributed by atoms with van der Waals surface area (Å²) in [5, 5.41) is 0. The van der Waals surface area contributed by atoms with Crippen molar-refractivity contribution in [2.45, 2.75) is 103 Å². The Bertz CT molecular complexity index is 1210. The number of para-hydroxylation sites is 2. The lowest BCUT2D eigenvalue weighted by atomic mass is 10.0. The van der Waals surface area contributed by atoms with Crippen molar-refractivity contribution in [1.82, 2.24) is 0 Å². The predicted octanol–water partition coefficient (Wildman–Crippen LogP) is 15.2. The molecule has 5 aromatic carbocycles. The average molecular weight is 636 g/mol. The summed E-state index contributed by atoms with van der Waals surface area (Å²) in [5.74, 6) is 0. The molecule has 1 aliphatic rings. The zero-order chi connectivity index (χ0) is 36.5. The number of hydrogen-bond acceptors (Lipinski definition) is 1. The first-order chi connectivity index (χ1) is 23.1. The maximum atomic E-state index is 2.31. The Kier molecular flexibility index (Phi) is 33.5. The Hall–Kier alpha value is -4.10. The van der Waals surface area contributed by atoms with E-state index in [1.807, 2.05) is 132 Å². The summed E-state index contributed by atoms with van der Waals surface area (Å²) < 4.78 is 0. The molecule has 0 unspecified atom stereocenters. The van der Waals surface area contributed by atoms with Gasteiger partial charge in [0, 0.05) is 18.4 Å². The molecule has 0 amide bonds. The first-order valence-corrected chi connectivity index (χ1v) is 18.1. The van der Waals surface area contributed by atoms with Crippen molar-refractivity contribution in [3.63, 3.8) is 0 Å². The highest BCUT2D eigenvalue weighted by molar-refractivity contribution is 5.77. The van der Waals surface area contributed by atoms with Crippen molar-refractivity contribution in [1.29, 1.82) is 0 Å². The summed E-state index contributed by atoms with van der Waals surface area (Å²) in [7, 11) is 2.07. The van der Waals surface area contributed by atoms with Crippen LogP contribution in [0.5, 0.6) is 0 Å². The maximum absolute atomic E-state index is 2.31. The van der Waals surface area contributed by atoms with E-state index < -0.39 is 0 Å². The molecule has 0 aliphatic heterocycles. The van der Waals surface area contributed by atoms with Gasteiger partial charge >= 0.3 is 0 Å². The Morgan fingerprint density at radius 1 is 0.362 bits per heavy atom. The molecule has 0 saturated carbocycles. The predicted molar refractivity (Wildman–Crippen MR) is 220 cm³/mol. The van der Waals surface area contributed by atoms with Gasteiger partial charge in [-0.3, -0.25) is 0 Å². The molecular formula is C46H69N. The first-order valence-electron chi connectivity index (χ1n) is 18.1. The van der Waals surface area contributed by atoms with Gasteiger partial charge in [-0.05, 0) is 66.8 Å². The number of fused-ring (bicyclic) bond motifs is 3. The van der Waals surface area contributed by atoms with Crippen molar-refractivity contribution in [3.8, 4) is 11.1 Å². The number of hydrogen-bond donors (Lipinski definition) is 0. The molecule has 0 N–H and O–H groups in total. The topological polar surface area (TPSA) is 3.24 Å². The standard InChI is InChI=1S/C15H14.C13H13N.C6H6.6C2H6/c1-10-3-5-14-12(7-10)9-13-8-11(2)4-6-15(13)14;1-14(12-8-4-2-5-9-12)13-10-6-3-7-11-13;1-2-4-6-5-3-1;6*1-2/h3-8H,9H2,1-2H3;2-11H,1H3;1-6H;6*1-2H3. The van der Waals surface area contributed by atoms with E-state index >= 15 is 0 Å². The second-order valence-electron chi connectivity index (χ2n) is 8.88. The van der Waals surface area contributed by atoms with Crippen LogP contribution in [0.25, 0.3) is 11.1 Å². The van der Waals surface area contributed by atoms with E-state index in [0.29, 0.717) is 0 Å². The van der Waals surface area contributed by atoms with Gasteiger partial charge in [0.25, 0.3) is 0 Å². The van der Waals surface area contributed by atoms with Crippen LogP contribution in [-0.4, -0.2) is 7.05 Å². The molecule has 0 spiro atoms. The molecule has 6 rings (SSSR count). The van der Waals surface area contributed by atoms with Gasteiger partial charge in [0.15, 0.2) is 0 Å². The number of nitrogens with zero attached hydrogens (tertiary/aromatic N) is 1. The van der Waals surface area contributed by atoms with E-state index in [0.717, 1.165) is 6.42 Å². The van der Waals surface area contributed by atoms with Crippen LogP contribution in [0.3, 0.4) is 0 Å². The fourth-order valence-electron chi connectivity index (χ4n) is 4.31. The fraction of sp³-hybridized carbons (Fsp3) is 0.348. The van der Waals surface area contributed by atoms with Gasteiger partial charge in [-0.15, -0.1) is 0 Å². The molecule has 47 heavy (non-hydrogen) atoms. The van der Waals surface area contributed by atoms with Gasteiger partial charge in [-0.1, -0.05) is 203 Å². The van der Waals surface area contributed by atoms with Crippen molar-refractivity contribution < 1.29 is 0 Å². The second kappa shape index (κ2) is 33.3. The van der Waals surface area contributed by atoms with Gasteiger partial charge in [-0.25, -0.2) is 0 Å². The summed E-state index contributed by atoms with van der Waals surface area (Å²) in [6.45, 7) is 28.3. The second-order valence-corrected chi connectivity index (χ2v) is 8.88. The van der Waals surface area contributed by atoms with Crippen LogP contribution >= 0.6 is 0 Å². The molecule has 258 valence electrons. The molecular weight excluding hydrogens is 567 g/mol. The SMILES string of the molecule is CC.CC.CC.CC.CC.CC.CN(c1ccccc1)c1ccccc1.Cc1ccc2c(c1)Cc1cc(C)ccc1-2.c1ccccc1. The van der Waals surface area contributed by atoms with Crippen LogP contribution < -0.4 is 4.90 Å². The van der Waals surface area contributed by atoms with Crippen LogP contribution in [0, 0.1) is 13.8 Å². The average Bonchev–Trinajstić information content (AvgIpc) is 3.54. The Morgan fingerprint density at radius 2 is 0.617 bits per heavy atom. The van der Waals surface area contributed by atoms with Crippen molar-refractivity contribution >= 4 is 11.4 Å². The first kappa shape index (κ1) is 47.3. The number of benzene rings is 5. The molecule has 0 radical (unpaired) electrons. The van der Waals surface area contributed by atoms with Crippen LogP contribution in [0.2, 0.25) is 0 Å². The minimum atomic E-state index is 1.11. The molecule has 1 nitrogen and oxygen atoms in total. The third-order valence-corrected chi connectivity index (χ3v) is 6.15. The molecule has 1 heteroatoms. The zero-order valence-corrected chi connectivity index (χ0v) is 32.9. The van der Waals surface area contributed by atoms with E-state index in [1.54, 1.807) is 0 Å². The number of aryl methyl sites for hydroxylation is 2. The third-order valence-electron chi connectivity index (χ3n) is 6.15. The van der Waals surface area contributed by atoms with Crippen molar-refractivity contribution in [2.24, 2.45) is 0 Å². The third kappa shape index (κ3) is 18.6. The Labute approximate surface area is 292 Å². The van der Waals surface area contributed by atoms with Gasteiger partial charge in [0.1, 0.15) is 0 Å².